The van der Waals surface area contributed by atoms with Crippen molar-refractivity contribution in [2.75, 3.05) is 13.1 Å². The number of carbonyl (C=O) groups excluding carboxylic acids is 1. The highest BCUT2D eigenvalue weighted by Gasteiger charge is 2.27. The number of amides is 1. The van der Waals surface area contributed by atoms with E-state index in [1.54, 1.807) is 17.0 Å². The molecule has 3 rings (SSSR count). The first-order valence-electron chi connectivity index (χ1n) is 8.51. The van der Waals surface area contributed by atoms with Crippen LogP contribution in [-0.4, -0.2) is 43.4 Å². The molecule has 0 atom stereocenters. The fraction of sp³-hybridized carbons (Fsp3) is 0.333. The van der Waals surface area contributed by atoms with Gasteiger partial charge in [0.25, 0.3) is 5.91 Å². The number of benzene rings is 1. The van der Waals surface area contributed by atoms with Crippen molar-refractivity contribution >= 4 is 21.9 Å². The molecule has 1 aromatic carbocycles. The second-order valence-corrected chi connectivity index (χ2v) is 8.10. The number of nitrogens with one attached hydrogen (secondary N) is 1. The van der Waals surface area contributed by atoms with Gasteiger partial charge in [0.2, 0.25) is 10.0 Å². The summed E-state index contributed by atoms with van der Waals surface area (Å²) in [6, 6.07) is 9.02. The van der Waals surface area contributed by atoms with Gasteiger partial charge in [-0.1, -0.05) is 0 Å². The van der Waals surface area contributed by atoms with Crippen LogP contribution in [0.15, 0.2) is 52.0 Å². The second kappa shape index (κ2) is 7.93. The van der Waals surface area contributed by atoms with Gasteiger partial charge >= 0.3 is 5.97 Å². The number of rotatable bonds is 6. The van der Waals surface area contributed by atoms with Crippen molar-refractivity contribution in [2.24, 2.45) is 5.92 Å². The average molecular weight is 392 g/mol. The topological polar surface area (TPSA) is 117 Å². The van der Waals surface area contributed by atoms with E-state index in [9.17, 15) is 18.0 Å². The SMILES string of the molecule is O=C(O)C1CCN(C(=O)c2ccc(S(=O)(=O)NCc3ccco3)cc2)CC1. The fourth-order valence-corrected chi connectivity index (χ4v) is 3.94. The van der Waals surface area contributed by atoms with Crippen LogP contribution in [0.1, 0.15) is 29.0 Å². The van der Waals surface area contributed by atoms with Crippen LogP contribution >= 0.6 is 0 Å². The van der Waals surface area contributed by atoms with Crippen LogP contribution in [0.5, 0.6) is 0 Å². The van der Waals surface area contributed by atoms with Crippen molar-refractivity contribution in [2.45, 2.75) is 24.3 Å². The van der Waals surface area contributed by atoms with Crippen LogP contribution in [0, 0.1) is 5.92 Å². The lowest BCUT2D eigenvalue weighted by Gasteiger charge is -2.30. The van der Waals surface area contributed by atoms with Crippen molar-refractivity contribution in [3.05, 3.63) is 54.0 Å². The molecule has 2 N–H and O–H groups in total. The van der Waals surface area contributed by atoms with Crippen LogP contribution in [0.2, 0.25) is 0 Å². The summed E-state index contributed by atoms with van der Waals surface area (Å²) in [5.74, 6) is -0.984. The molecule has 9 heteroatoms. The van der Waals surface area contributed by atoms with Crippen molar-refractivity contribution < 1.29 is 27.5 Å². The molecule has 2 aromatic rings. The summed E-state index contributed by atoms with van der Waals surface area (Å²) >= 11 is 0. The molecular formula is C18H20N2O6S. The Morgan fingerprint density at radius 2 is 1.81 bits per heavy atom. The number of sulfonamides is 1. The molecule has 0 saturated carbocycles. The van der Waals surface area contributed by atoms with E-state index in [2.05, 4.69) is 4.72 Å². The largest absolute Gasteiger partial charge is 0.481 e. The smallest absolute Gasteiger partial charge is 0.306 e. The van der Waals surface area contributed by atoms with Crippen LogP contribution in [0.3, 0.4) is 0 Å². The summed E-state index contributed by atoms with van der Waals surface area (Å²) in [7, 11) is -3.72. The van der Waals surface area contributed by atoms with E-state index < -0.39 is 21.9 Å². The molecule has 1 fully saturated rings. The average Bonchev–Trinajstić information content (AvgIpc) is 3.20. The molecule has 2 heterocycles. The molecule has 0 radical (unpaired) electrons. The van der Waals surface area contributed by atoms with Crippen LogP contribution in [0.25, 0.3) is 0 Å². The Hall–Kier alpha value is -2.65. The highest BCUT2D eigenvalue weighted by atomic mass is 32.2. The zero-order valence-electron chi connectivity index (χ0n) is 14.5. The second-order valence-electron chi connectivity index (χ2n) is 6.33. The van der Waals surface area contributed by atoms with E-state index in [-0.39, 0.29) is 17.3 Å². The molecule has 0 aliphatic carbocycles. The molecule has 1 saturated heterocycles. The van der Waals surface area contributed by atoms with Gasteiger partial charge in [0.15, 0.2) is 0 Å². The summed E-state index contributed by atoms with van der Waals surface area (Å²) in [5, 5.41) is 9.02. The highest BCUT2D eigenvalue weighted by molar-refractivity contribution is 7.89. The number of likely N-dealkylation sites (tertiary alicyclic amines) is 1. The van der Waals surface area contributed by atoms with Gasteiger partial charge in [0.1, 0.15) is 5.76 Å². The van der Waals surface area contributed by atoms with Gasteiger partial charge in [-0.3, -0.25) is 9.59 Å². The third kappa shape index (κ3) is 4.55. The van der Waals surface area contributed by atoms with E-state index in [1.807, 2.05) is 0 Å². The zero-order chi connectivity index (χ0) is 19.4. The molecule has 0 spiro atoms. The first-order valence-corrected chi connectivity index (χ1v) is 9.99. The number of carbonyl (C=O) groups is 2. The normalized spacial score (nSPS) is 15.6. The maximum atomic E-state index is 12.5. The minimum atomic E-state index is -3.72. The predicted octanol–water partition coefficient (Wildman–Crippen LogP) is 1.69. The molecule has 8 nitrogen and oxygen atoms in total. The quantitative estimate of drug-likeness (QED) is 0.773. The van der Waals surface area contributed by atoms with E-state index in [0.717, 1.165) is 0 Å². The zero-order valence-corrected chi connectivity index (χ0v) is 15.3. The monoisotopic (exact) mass is 392 g/mol. The van der Waals surface area contributed by atoms with Gasteiger partial charge in [0.05, 0.1) is 23.6 Å². The molecule has 144 valence electrons. The number of piperidine rings is 1. The summed E-state index contributed by atoms with van der Waals surface area (Å²) in [4.78, 5) is 25.2. The van der Waals surface area contributed by atoms with Crippen molar-refractivity contribution in [1.82, 2.24) is 9.62 Å². The first kappa shape index (κ1) is 19.1. The minimum absolute atomic E-state index is 0.0362. The predicted molar refractivity (Wildman–Crippen MR) is 95.4 cm³/mol. The van der Waals surface area contributed by atoms with Crippen LogP contribution < -0.4 is 4.72 Å². The number of aliphatic carboxylic acids is 1. The number of hydrogen-bond acceptors (Lipinski definition) is 5. The standard InChI is InChI=1S/C18H20N2O6S/c21-17(20-9-7-14(8-10-20)18(22)23)13-3-5-16(6-4-13)27(24,25)19-12-15-2-1-11-26-15/h1-6,11,14,19H,7-10,12H2,(H,22,23). The Morgan fingerprint density at radius 1 is 1.15 bits per heavy atom. The third-order valence-electron chi connectivity index (χ3n) is 4.56. The lowest BCUT2D eigenvalue weighted by Crippen LogP contribution is -2.40. The molecule has 27 heavy (non-hydrogen) atoms. The molecule has 1 aliphatic heterocycles. The van der Waals surface area contributed by atoms with Gasteiger partial charge in [0, 0.05) is 18.7 Å². The van der Waals surface area contributed by atoms with Crippen molar-refractivity contribution in [3.8, 4) is 0 Å². The Labute approximate surface area is 156 Å². The number of nitrogens with zero attached hydrogens (tertiary/aromatic N) is 1. The van der Waals surface area contributed by atoms with Crippen LogP contribution in [-0.2, 0) is 21.4 Å². The maximum Gasteiger partial charge on any atom is 0.306 e. The molecule has 1 aliphatic rings. The van der Waals surface area contributed by atoms with Gasteiger partial charge < -0.3 is 14.4 Å². The number of carboxylic acids is 1. The van der Waals surface area contributed by atoms with Crippen LogP contribution in [0.4, 0.5) is 0 Å². The minimum Gasteiger partial charge on any atom is -0.481 e. The van der Waals surface area contributed by atoms with Gasteiger partial charge in [-0.15, -0.1) is 0 Å². The van der Waals surface area contributed by atoms with Gasteiger partial charge in [-0.25, -0.2) is 13.1 Å². The summed E-state index contributed by atoms with van der Waals surface area (Å²) in [5.41, 5.74) is 0.369. The fourth-order valence-electron chi connectivity index (χ4n) is 2.95. The number of furan rings is 1. The van der Waals surface area contributed by atoms with E-state index in [0.29, 0.717) is 37.3 Å². The molecule has 1 aromatic heterocycles. The van der Waals surface area contributed by atoms with Gasteiger partial charge in [-0.05, 0) is 49.2 Å². The van der Waals surface area contributed by atoms with Crippen molar-refractivity contribution in [1.29, 1.82) is 0 Å². The molecule has 1 amide bonds. The summed E-state index contributed by atoms with van der Waals surface area (Å²) in [6.07, 6.45) is 2.30. The first-order chi connectivity index (χ1) is 12.9. The van der Waals surface area contributed by atoms with E-state index >= 15 is 0 Å². The number of hydrogen-bond donors (Lipinski definition) is 2. The van der Waals surface area contributed by atoms with Crippen molar-refractivity contribution in [3.63, 3.8) is 0 Å². The number of carboxylic acid groups (broad SMARTS) is 1. The maximum absolute atomic E-state index is 12.5. The lowest BCUT2D eigenvalue weighted by molar-refractivity contribution is -0.143. The summed E-state index contributed by atoms with van der Waals surface area (Å²) < 4.78 is 32.1. The lowest BCUT2D eigenvalue weighted by atomic mass is 9.96. The molecule has 0 unspecified atom stereocenters. The van der Waals surface area contributed by atoms with Gasteiger partial charge in [-0.2, -0.15) is 0 Å². The van der Waals surface area contributed by atoms with E-state index in [1.165, 1.54) is 30.5 Å². The highest BCUT2D eigenvalue weighted by Crippen LogP contribution is 2.20. The Bertz CT molecular complexity index is 898. The Balaban J connectivity index is 1.62. The molecular weight excluding hydrogens is 372 g/mol. The van der Waals surface area contributed by atoms with E-state index in [4.69, 9.17) is 9.52 Å². The summed E-state index contributed by atoms with van der Waals surface area (Å²) in [6.45, 7) is 0.787. The Kier molecular flexibility index (Phi) is 5.62. The third-order valence-corrected chi connectivity index (χ3v) is 5.98. The Morgan fingerprint density at radius 3 is 2.37 bits per heavy atom. The molecule has 0 bridgehead atoms.